The molecule has 124 valence electrons. The zero-order valence-electron chi connectivity index (χ0n) is 12.5. The topological polar surface area (TPSA) is 60.5 Å². The molecule has 0 spiro atoms. The minimum Gasteiger partial charge on any atom is -0.486 e. The van der Waals surface area contributed by atoms with Gasteiger partial charge in [-0.25, -0.2) is 4.98 Å². The molecule has 3 aromatic rings. The van der Waals surface area contributed by atoms with Gasteiger partial charge in [-0.3, -0.25) is 4.79 Å². The lowest BCUT2D eigenvalue weighted by molar-refractivity contribution is -0.116. The van der Waals surface area contributed by atoms with Crippen LogP contribution in [0.25, 0.3) is 10.2 Å². The Balaban J connectivity index is 1.45. The predicted molar refractivity (Wildman–Crippen MR) is 96.9 cm³/mol. The van der Waals surface area contributed by atoms with Gasteiger partial charge >= 0.3 is 0 Å². The molecule has 0 saturated carbocycles. The van der Waals surface area contributed by atoms with Crippen LogP contribution in [-0.4, -0.2) is 24.1 Å². The average Bonchev–Trinajstić information content (AvgIpc) is 3.15. The van der Waals surface area contributed by atoms with E-state index in [4.69, 9.17) is 21.1 Å². The number of nitrogens with zero attached hydrogens (tertiary/aromatic N) is 1. The van der Waals surface area contributed by atoms with Crippen molar-refractivity contribution in [3.63, 3.8) is 0 Å². The zero-order valence-corrected chi connectivity index (χ0v) is 14.9. The van der Waals surface area contributed by atoms with Crippen LogP contribution in [0, 0.1) is 0 Å². The Morgan fingerprint density at radius 1 is 1.25 bits per heavy atom. The number of hydrogen-bond donors (Lipinski definition) is 1. The number of hydrogen-bond acceptors (Lipinski definition) is 6. The number of aromatic nitrogens is 1. The molecule has 0 atom stereocenters. The van der Waals surface area contributed by atoms with Crippen molar-refractivity contribution in [2.75, 3.05) is 18.5 Å². The molecule has 8 heteroatoms. The number of nitrogens with one attached hydrogen (secondary N) is 1. The summed E-state index contributed by atoms with van der Waals surface area (Å²) in [6.45, 7) is 1.09. The number of halogens is 1. The summed E-state index contributed by atoms with van der Waals surface area (Å²) in [6, 6.07) is 5.65. The number of carbonyl (C=O) groups is 1. The van der Waals surface area contributed by atoms with Gasteiger partial charge in [0, 0.05) is 28.8 Å². The minimum absolute atomic E-state index is 0.0594. The van der Waals surface area contributed by atoms with E-state index in [1.807, 2.05) is 23.6 Å². The van der Waals surface area contributed by atoms with Crippen LogP contribution < -0.4 is 14.8 Å². The van der Waals surface area contributed by atoms with Crippen molar-refractivity contribution >= 4 is 55.5 Å². The Bertz CT molecular complexity index is 863. The molecule has 0 bridgehead atoms. The van der Waals surface area contributed by atoms with Gasteiger partial charge in [0.15, 0.2) is 16.6 Å². The van der Waals surface area contributed by atoms with Gasteiger partial charge in [-0.15, -0.1) is 11.3 Å². The average molecular weight is 381 g/mol. The molecular weight excluding hydrogens is 368 g/mol. The van der Waals surface area contributed by atoms with Gasteiger partial charge < -0.3 is 14.8 Å². The molecule has 1 aliphatic heterocycles. The van der Waals surface area contributed by atoms with Crippen LogP contribution in [0.2, 0.25) is 5.02 Å². The smallest absolute Gasteiger partial charge is 0.226 e. The van der Waals surface area contributed by atoms with E-state index in [2.05, 4.69) is 10.3 Å². The third-order valence-corrected chi connectivity index (χ3v) is 5.80. The standard InChI is InChI=1S/C16H13ClN2O3S2/c17-9-5-10(23-8-9)1-2-15(20)19-16-18-11-6-12-13(7-14(11)24-16)22-4-3-21-12/h5-8H,1-4H2,(H,18,19,20). The lowest BCUT2D eigenvalue weighted by Gasteiger charge is -2.17. The number of amides is 1. The first kappa shape index (κ1) is 15.7. The summed E-state index contributed by atoms with van der Waals surface area (Å²) in [5.41, 5.74) is 0.796. The predicted octanol–water partition coefficient (Wildman–Crippen LogP) is 4.35. The number of benzene rings is 1. The fourth-order valence-corrected chi connectivity index (χ4v) is 4.39. The molecule has 2 aromatic heterocycles. The number of ether oxygens (including phenoxy) is 2. The number of fused-ring (bicyclic) bond motifs is 2. The number of aryl methyl sites for hydroxylation is 1. The van der Waals surface area contributed by atoms with Crippen LogP contribution in [0.15, 0.2) is 23.6 Å². The highest BCUT2D eigenvalue weighted by Crippen LogP contribution is 2.37. The molecular formula is C16H13ClN2O3S2. The summed E-state index contributed by atoms with van der Waals surface area (Å²) >= 11 is 8.88. The van der Waals surface area contributed by atoms with Crippen LogP contribution in [0.4, 0.5) is 5.13 Å². The van der Waals surface area contributed by atoms with Gasteiger partial charge in [0.2, 0.25) is 5.91 Å². The molecule has 0 radical (unpaired) electrons. The Morgan fingerprint density at radius 3 is 2.79 bits per heavy atom. The highest BCUT2D eigenvalue weighted by atomic mass is 35.5. The largest absolute Gasteiger partial charge is 0.486 e. The highest BCUT2D eigenvalue weighted by molar-refractivity contribution is 7.22. The van der Waals surface area contributed by atoms with Crippen LogP contribution in [0.1, 0.15) is 11.3 Å². The maximum atomic E-state index is 12.1. The summed E-state index contributed by atoms with van der Waals surface area (Å²) in [7, 11) is 0. The van der Waals surface area contributed by atoms with Crippen LogP contribution in [0.3, 0.4) is 0 Å². The van der Waals surface area contributed by atoms with Crippen molar-refractivity contribution in [3.05, 3.63) is 33.5 Å². The van der Waals surface area contributed by atoms with E-state index >= 15 is 0 Å². The molecule has 3 heterocycles. The lowest BCUT2D eigenvalue weighted by Crippen LogP contribution is -2.15. The van der Waals surface area contributed by atoms with Gasteiger partial charge in [0.05, 0.1) is 15.2 Å². The number of thiazole rings is 1. The molecule has 1 aromatic carbocycles. The second-order valence-corrected chi connectivity index (χ2v) is 7.72. The van der Waals surface area contributed by atoms with Crippen molar-refractivity contribution in [1.29, 1.82) is 0 Å². The number of thiophene rings is 1. The molecule has 1 amide bonds. The first-order chi connectivity index (χ1) is 11.7. The summed E-state index contributed by atoms with van der Waals surface area (Å²) in [6.07, 6.45) is 1.07. The SMILES string of the molecule is O=C(CCc1cc(Cl)cs1)Nc1nc2cc3c(cc2s1)OCCO3. The number of rotatable bonds is 4. The van der Waals surface area contributed by atoms with Crippen molar-refractivity contribution in [3.8, 4) is 11.5 Å². The molecule has 0 saturated heterocycles. The van der Waals surface area contributed by atoms with Gasteiger partial charge in [0.1, 0.15) is 13.2 Å². The third kappa shape index (κ3) is 3.33. The Hall–Kier alpha value is -1.83. The van der Waals surface area contributed by atoms with E-state index < -0.39 is 0 Å². The van der Waals surface area contributed by atoms with Crippen molar-refractivity contribution in [1.82, 2.24) is 4.98 Å². The normalized spacial score (nSPS) is 13.2. The minimum atomic E-state index is -0.0594. The molecule has 1 N–H and O–H groups in total. The van der Waals surface area contributed by atoms with Crippen molar-refractivity contribution in [2.45, 2.75) is 12.8 Å². The van der Waals surface area contributed by atoms with Crippen molar-refractivity contribution in [2.24, 2.45) is 0 Å². The van der Waals surface area contributed by atoms with E-state index in [9.17, 15) is 4.79 Å². The highest BCUT2D eigenvalue weighted by Gasteiger charge is 2.16. The number of anilines is 1. The summed E-state index contributed by atoms with van der Waals surface area (Å²) < 4.78 is 12.1. The lowest BCUT2D eigenvalue weighted by atomic mass is 10.2. The number of carbonyl (C=O) groups excluding carboxylic acids is 1. The molecule has 24 heavy (non-hydrogen) atoms. The van der Waals surface area contributed by atoms with Gasteiger partial charge in [-0.1, -0.05) is 22.9 Å². The summed E-state index contributed by atoms with van der Waals surface area (Å²) in [5, 5.41) is 6.03. The first-order valence-electron chi connectivity index (χ1n) is 7.40. The Labute approximate surface area is 151 Å². The summed E-state index contributed by atoms with van der Waals surface area (Å²) in [4.78, 5) is 17.7. The molecule has 0 unspecified atom stereocenters. The van der Waals surface area contributed by atoms with Crippen LogP contribution >= 0.6 is 34.3 Å². The van der Waals surface area contributed by atoms with Gasteiger partial charge in [-0.2, -0.15) is 0 Å². The Morgan fingerprint density at radius 2 is 2.04 bits per heavy atom. The fraction of sp³-hybridized carbons (Fsp3) is 0.250. The fourth-order valence-electron chi connectivity index (χ4n) is 2.42. The quantitative estimate of drug-likeness (QED) is 0.730. The van der Waals surface area contributed by atoms with E-state index in [1.165, 1.54) is 11.3 Å². The van der Waals surface area contributed by atoms with Crippen LogP contribution in [0.5, 0.6) is 11.5 Å². The van der Waals surface area contributed by atoms with Crippen LogP contribution in [-0.2, 0) is 11.2 Å². The first-order valence-corrected chi connectivity index (χ1v) is 9.48. The Kier molecular flexibility index (Phi) is 4.30. The zero-order chi connectivity index (χ0) is 16.5. The maximum absolute atomic E-state index is 12.1. The van der Waals surface area contributed by atoms with Gasteiger partial charge in [-0.05, 0) is 12.5 Å². The van der Waals surface area contributed by atoms with Crippen molar-refractivity contribution < 1.29 is 14.3 Å². The molecule has 0 fully saturated rings. The summed E-state index contributed by atoms with van der Waals surface area (Å²) in [5.74, 6) is 1.37. The third-order valence-electron chi connectivity index (χ3n) is 3.52. The second-order valence-electron chi connectivity index (χ2n) is 5.26. The molecule has 4 rings (SSSR count). The molecule has 5 nitrogen and oxygen atoms in total. The monoisotopic (exact) mass is 380 g/mol. The molecule has 1 aliphatic rings. The second kappa shape index (κ2) is 6.58. The van der Waals surface area contributed by atoms with Gasteiger partial charge in [0.25, 0.3) is 0 Å². The van der Waals surface area contributed by atoms with E-state index in [1.54, 1.807) is 11.3 Å². The van der Waals surface area contributed by atoms with E-state index in [0.29, 0.717) is 36.9 Å². The van der Waals surface area contributed by atoms with E-state index in [-0.39, 0.29) is 5.91 Å². The van der Waals surface area contributed by atoms with E-state index in [0.717, 1.165) is 25.9 Å². The molecule has 0 aliphatic carbocycles. The maximum Gasteiger partial charge on any atom is 0.226 e.